The average molecular weight is 319 g/mol. The van der Waals surface area contributed by atoms with Crippen molar-refractivity contribution >= 4 is 25.4 Å². The van der Waals surface area contributed by atoms with Gasteiger partial charge in [-0.3, -0.25) is 0 Å². The molecular weight excluding hydrogens is 298 g/mol. The summed E-state index contributed by atoms with van der Waals surface area (Å²) in [6.45, 7) is 3.59. The summed E-state index contributed by atoms with van der Waals surface area (Å²) >= 11 is 0. The van der Waals surface area contributed by atoms with E-state index in [0.717, 1.165) is 0 Å². The van der Waals surface area contributed by atoms with E-state index in [1.54, 1.807) is 31.2 Å². The predicted molar refractivity (Wildman–Crippen MR) is 81.6 cm³/mol. The summed E-state index contributed by atoms with van der Waals surface area (Å²) in [7, 11) is -6.25. The second kappa shape index (κ2) is 6.58. The Labute approximate surface area is 121 Å². The third-order valence-corrected chi connectivity index (χ3v) is 5.69. The lowest BCUT2D eigenvalue weighted by atomic mass is 10.3. The highest BCUT2D eigenvalue weighted by atomic mass is 32.2. The van der Waals surface area contributed by atoms with E-state index in [9.17, 15) is 16.8 Å². The van der Waals surface area contributed by atoms with Gasteiger partial charge in [-0.25, -0.2) is 16.8 Å². The third-order valence-electron chi connectivity index (χ3n) is 2.65. The summed E-state index contributed by atoms with van der Waals surface area (Å²) in [4.78, 5) is 0.292. The van der Waals surface area contributed by atoms with E-state index < -0.39 is 19.7 Å². The van der Waals surface area contributed by atoms with E-state index in [2.05, 4.69) is 5.32 Å². The van der Waals surface area contributed by atoms with Crippen molar-refractivity contribution in [2.75, 3.05) is 23.1 Å². The lowest BCUT2D eigenvalue weighted by Crippen LogP contribution is -2.24. The smallest absolute Gasteiger partial charge is 0.178 e. The largest absolute Gasteiger partial charge is 0.382 e. The van der Waals surface area contributed by atoms with Gasteiger partial charge in [-0.2, -0.15) is 0 Å². The molecule has 0 amide bonds. The van der Waals surface area contributed by atoms with Gasteiger partial charge in [0.2, 0.25) is 0 Å². The van der Waals surface area contributed by atoms with Gasteiger partial charge in [-0.05, 0) is 37.6 Å². The number of benzene rings is 1. The van der Waals surface area contributed by atoms with Gasteiger partial charge in [-0.1, -0.05) is 6.92 Å². The second-order valence-electron chi connectivity index (χ2n) is 4.98. The fraction of sp³-hybridized carbons (Fsp3) is 0.538. The molecule has 0 aliphatic carbocycles. The Hall–Kier alpha value is -1.08. The fourth-order valence-electron chi connectivity index (χ4n) is 1.93. The fourth-order valence-corrected chi connectivity index (χ4v) is 4.24. The molecule has 0 aromatic heterocycles. The minimum Gasteiger partial charge on any atom is -0.382 e. The summed E-state index contributed by atoms with van der Waals surface area (Å²) in [6, 6.07) is 6.16. The second-order valence-corrected chi connectivity index (χ2v) is 9.28. The Morgan fingerprint density at radius 2 is 1.65 bits per heavy atom. The molecule has 1 aromatic rings. The van der Waals surface area contributed by atoms with Crippen molar-refractivity contribution in [2.45, 2.75) is 31.2 Å². The molecule has 0 saturated heterocycles. The predicted octanol–water partition coefficient (Wildman–Crippen LogP) is 1.72. The van der Waals surface area contributed by atoms with Gasteiger partial charge in [0, 0.05) is 18.0 Å². The quantitative estimate of drug-likeness (QED) is 0.827. The molecule has 20 heavy (non-hydrogen) atoms. The van der Waals surface area contributed by atoms with Crippen LogP contribution in [0.25, 0.3) is 0 Å². The van der Waals surface area contributed by atoms with Crippen molar-refractivity contribution in [3.63, 3.8) is 0 Å². The van der Waals surface area contributed by atoms with Crippen LogP contribution >= 0.6 is 0 Å². The molecule has 0 saturated carbocycles. The summed E-state index contributed by atoms with van der Waals surface area (Å²) in [5, 5.41) is 3.04. The molecule has 1 rings (SSSR count). The summed E-state index contributed by atoms with van der Waals surface area (Å²) in [5.41, 5.74) is 0.705. The van der Waals surface area contributed by atoms with Gasteiger partial charge in [0.15, 0.2) is 9.84 Å². The molecule has 0 radical (unpaired) electrons. The molecule has 1 N–H and O–H groups in total. The number of anilines is 1. The maximum Gasteiger partial charge on any atom is 0.178 e. The van der Waals surface area contributed by atoms with Crippen LogP contribution < -0.4 is 5.32 Å². The molecule has 1 atom stereocenters. The highest BCUT2D eigenvalue weighted by Gasteiger charge is 2.14. The van der Waals surface area contributed by atoms with Gasteiger partial charge in [-0.15, -0.1) is 0 Å². The minimum absolute atomic E-state index is 0.0306. The van der Waals surface area contributed by atoms with Gasteiger partial charge in [0.25, 0.3) is 0 Å². The van der Waals surface area contributed by atoms with Crippen molar-refractivity contribution in [1.82, 2.24) is 0 Å². The average Bonchev–Trinajstić information content (AvgIpc) is 2.26. The van der Waals surface area contributed by atoms with E-state index in [4.69, 9.17) is 0 Å². The van der Waals surface area contributed by atoms with Crippen molar-refractivity contribution in [3.05, 3.63) is 24.3 Å². The van der Waals surface area contributed by atoms with Crippen molar-refractivity contribution < 1.29 is 16.8 Å². The summed E-state index contributed by atoms with van der Waals surface area (Å²) < 4.78 is 46.0. The molecule has 114 valence electrons. The SMILES string of the molecule is CCCS(=O)(=O)c1ccc(NC(C)CS(C)(=O)=O)cc1. The van der Waals surface area contributed by atoms with E-state index in [1.165, 1.54) is 6.26 Å². The Morgan fingerprint density at radius 1 is 1.10 bits per heavy atom. The molecule has 0 aliphatic heterocycles. The van der Waals surface area contributed by atoms with Gasteiger partial charge < -0.3 is 5.32 Å². The van der Waals surface area contributed by atoms with Crippen LogP contribution in [0.15, 0.2) is 29.2 Å². The van der Waals surface area contributed by atoms with Crippen molar-refractivity contribution in [3.8, 4) is 0 Å². The molecule has 5 nitrogen and oxygen atoms in total. The van der Waals surface area contributed by atoms with Crippen LogP contribution in [0, 0.1) is 0 Å². The molecule has 0 spiro atoms. The van der Waals surface area contributed by atoms with Crippen molar-refractivity contribution in [1.29, 1.82) is 0 Å². The Morgan fingerprint density at radius 3 is 2.10 bits per heavy atom. The molecule has 7 heteroatoms. The highest BCUT2D eigenvalue weighted by Crippen LogP contribution is 2.16. The van der Waals surface area contributed by atoms with Crippen LogP contribution in [0.2, 0.25) is 0 Å². The third kappa shape index (κ3) is 5.50. The molecule has 1 aromatic carbocycles. The van der Waals surface area contributed by atoms with Crippen LogP contribution in [-0.4, -0.2) is 40.6 Å². The normalized spacial score (nSPS) is 13.9. The molecule has 1 unspecified atom stereocenters. The number of hydrogen-bond acceptors (Lipinski definition) is 5. The molecule has 0 bridgehead atoms. The molecule has 0 aliphatic rings. The van der Waals surface area contributed by atoms with E-state index in [0.29, 0.717) is 17.0 Å². The van der Waals surface area contributed by atoms with Crippen LogP contribution in [0.3, 0.4) is 0 Å². The molecule has 0 fully saturated rings. The van der Waals surface area contributed by atoms with E-state index in [-0.39, 0.29) is 17.5 Å². The monoisotopic (exact) mass is 319 g/mol. The first-order valence-electron chi connectivity index (χ1n) is 6.41. The number of rotatable bonds is 7. The lowest BCUT2D eigenvalue weighted by molar-refractivity contribution is 0.594. The minimum atomic E-state index is -3.21. The standard InChI is InChI=1S/C13H21NO4S2/c1-4-9-20(17,18)13-7-5-12(6-8-13)14-11(2)10-19(3,15)16/h5-8,11,14H,4,9-10H2,1-3H3. The van der Waals surface area contributed by atoms with Gasteiger partial charge >= 0.3 is 0 Å². The van der Waals surface area contributed by atoms with Gasteiger partial charge in [0.05, 0.1) is 16.4 Å². The van der Waals surface area contributed by atoms with Crippen LogP contribution in [0.4, 0.5) is 5.69 Å². The Kier molecular flexibility index (Phi) is 5.59. The Bertz CT molecular complexity index is 633. The zero-order chi connectivity index (χ0) is 15.4. The van der Waals surface area contributed by atoms with Gasteiger partial charge in [0.1, 0.15) is 9.84 Å². The zero-order valence-electron chi connectivity index (χ0n) is 12.0. The molecule has 0 heterocycles. The molecular formula is C13H21NO4S2. The zero-order valence-corrected chi connectivity index (χ0v) is 13.6. The maximum atomic E-state index is 11.9. The highest BCUT2D eigenvalue weighted by molar-refractivity contribution is 7.91. The summed E-state index contributed by atoms with van der Waals surface area (Å²) in [5.74, 6) is 0.160. The number of nitrogens with one attached hydrogen (secondary N) is 1. The number of sulfone groups is 2. The number of hydrogen-bond donors (Lipinski definition) is 1. The first-order chi connectivity index (χ1) is 9.14. The first-order valence-corrected chi connectivity index (χ1v) is 10.1. The topological polar surface area (TPSA) is 80.3 Å². The van der Waals surface area contributed by atoms with E-state index in [1.807, 2.05) is 6.92 Å². The maximum absolute atomic E-state index is 11.9. The van der Waals surface area contributed by atoms with Crippen LogP contribution in [0.5, 0.6) is 0 Å². The van der Waals surface area contributed by atoms with E-state index >= 15 is 0 Å². The summed E-state index contributed by atoms with van der Waals surface area (Å²) in [6.07, 6.45) is 1.76. The lowest BCUT2D eigenvalue weighted by Gasteiger charge is -2.14. The van der Waals surface area contributed by atoms with Crippen LogP contribution in [0.1, 0.15) is 20.3 Å². The first kappa shape index (κ1) is 17.0. The van der Waals surface area contributed by atoms with Crippen molar-refractivity contribution in [2.24, 2.45) is 0 Å². The van der Waals surface area contributed by atoms with Crippen LogP contribution in [-0.2, 0) is 19.7 Å². The Balaban J connectivity index is 2.77.